The van der Waals surface area contributed by atoms with E-state index in [-0.39, 0.29) is 23.6 Å². The van der Waals surface area contributed by atoms with Crippen molar-refractivity contribution < 1.29 is 19.8 Å². The number of nitrogens with one attached hydrogen (secondary N) is 1. The van der Waals surface area contributed by atoms with Crippen molar-refractivity contribution in [3.05, 3.63) is 52.7 Å². The molecule has 37 heavy (non-hydrogen) atoms. The van der Waals surface area contributed by atoms with E-state index >= 15 is 0 Å². The van der Waals surface area contributed by atoms with Gasteiger partial charge in [-0.2, -0.15) is 0 Å². The van der Waals surface area contributed by atoms with Crippen LogP contribution in [0, 0.1) is 17.8 Å². The number of rotatable bonds is 5. The zero-order valence-corrected chi connectivity index (χ0v) is 21.7. The fraction of sp³-hybridized carbons (Fsp3) is 0.536. The summed E-state index contributed by atoms with van der Waals surface area (Å²) in [6, 6.07) is 10.7. The number of carboxylic acid groups (broad SMARTS) is 1. The molecule has 8 nitrogen and oxygen atoms in total. The molecular weight excluding hydrogens is 492 g/mol. The predicted molar refractivity (Wildman–Crippen MR) is 141 cm³/mol. The fourth-order valence-electron chi connectivity index (χ4n) is 7.57. The number of carbonyl (C=O) groups excluding carboxylic acids is 1. The number of benzene rings is 1. The lowest BCUT2D eigenvalue weighted by Gasteiger charge is -2.58. The molecule has 1 saturated heterocycles. The van der Waals surface area contributed by atoms with Crippen LogP contribution in [-0.2, 0) is 0 Å². The number of pyridine rings is 1. The zero-order chi connectivity index (χ0) is 25.9. The lowest BCUT2D eigenvalue weighted by atomic mass is 9.52. The summed E-state index contributed by atoms with van der Waals surface area (Å²) in [4.78, 5) is 33.6. The largest absolute Gasteiger partial charge is 0.478 e. The van der Waals surface area contributed by atoms with Crippen LogP contribution in [0.1, 0.15) is 59.9 Å². The second kappa shape index (κ2) is 9.17. The van der Waals surface area contributed by atoms with Gasteiger partial charge in [0.05, 0.1) is 21.9 Å². The summed E-state index contributed by atoms with van der Waals surface area (Å²) in [7, 11) is 0. The number of nitrogens with zero attached hydrogens (tertiary/aromatic N) is 3. The van der Waals surface area contributed by atoms with E-state index in [1.54, 1.807) is 18.2 Å². The van der Waals surface area contributed by atoms with E-state index in [0.717, 1.165) is 43.6 Å². The van der Waals surface area contributed by atoms with E-state index in [1.165, 1.54) is 6.07 Å². The van der Waals surface area contributed by atoms with Gasteiger partial charge in [-0.15, -0.1) is 0 Å². The van der Waals surface area contributed by atoms with Crippen LogP contribution in [0.5, 0.6) is 0 Å². The Morgan fingerprint density at radius 2 is 1.86 bits per heavy atom. The van der Waals surface area contributed by atoms with Crippen molar-refractivity contribution in [2.75, 3.05) is 29.4 Å². The zero-order valence-electron chi connectivity index (χ0n) is 20.9. The SMILES string of the molecule is C[C@@H]1CN(c2ccc(C(=O)O)cc2Cl)CCN1c1cccc(C(=O)NC2C3CC4CC2CC(O)(C4)C3)n1. The third-order valence-corrected chi connectivity index (χ3v) is 9.27. The summed E-state index contributed by atoms with van der Waals surface area (Å²) >= 11 is 6.41. The Morgan fingerprint density at radius 3 is 2.51 bits per heavy atom. The average Bonchev–Trinajstić information content (AvgIpc) is 2.85. The molecule has 1 amide bonds. The Bertz CT molecular complexity index is 1220. The lowest BCUT2D eigenvalue weighted by Crippen LogP contribution is -2.61. The highest BCUT2D eigenvalue weighted by atomic mass is 35.5. The average molecular weight is 525 g/mol. The summed E-state index contributed by atoms with van der Waals surface area (Å²) in [5.41, 5.74) is 0.896. The summed E-state index contributed by atoms with van der Waals surface area (Å²) in [6.45, 7) is 4.20. The van der Waals surface area contributed by atoms with Crippen LogP contribution in [0.4, 0.5) is 11.5 Å². The molecule has 5 aliphatic rings. The molecule has 3 atom stereocenters. The van der Waals surface area contributed by atoms with E-state index in [9.17, 15) is 19.8 Å². The van der Waals surface area contributed by atoms with Crippen molar-refractivity contribution in [1.82, 2.24) is 10.3 Å². The Morgan fingerprint density at radius 1 is 1.11 bits per heavy atom. The number of amides is 1. The first-order valence-corrected chi connectivity index (χ1v) is 13.6. The molecule has 9 heteroatoms. The van der Waals surface area contributed by atoms with Crippen LogP contribution in [-0.4, -0.2) is 64.4 Å². The van der Waals surface area contributed by atoms with Crippen molar-refractivity contribution in [1.29, 1.82) is 0 Å². The van der Waals surface area contributed by atoms with Crippen LogP contribution in [0.3, 0.4) is 0 Å². The quantitative estimate of drug-likeness (QED) is 0.546. The fourth-order valence-corrected chi connectivity index (χ4v) is 7.87. The van der Waals surface area contributed by atoms with Crippen molar-refractivity contribution in [3.63, 3.8) is 0 Å². The van der Waals surface area contributed by atoms with Gasteiger partial charge in [0.2, 0.25) is 0 Å². The van der Waals surface area contributed by atoms with Gasteiger partial charge in [0.1, 0.15) is 11.5 Å². The van der Waals surface area contributed by atoms with Crippen LogP contribution in [0.15, 0.2) is 36.4 Å². The maximum absolute atomic E-state index is 13.3. The molecule has 5 fully saturated rings. The molecule has 4 bridgehead atoms. The first-order valence-electron chi connectivity index (χ1n) is 13.2. The molecule has 7 rings (SSSR count). The molecule has 1 aromatic heterocycles. The second-order valence-corrected chi connectivity index (χ2v) is 11.9. The predicted octanol–water partition coefficient (Wildman–Crippen LogP) is 3.82. The molecule has 196 valence electrons. The van der Waals surface area contributed by atoms with Gasteiger partial charge in [-0.3, -0.25) is 4.79 Å². The van der Waals surface area contributed by atoms with Gasteiger partial charge in [-0.25, -0.2) is 9.78 Å². The minimum absolute atomic E-state index is 0.111. The van der Waals surface area contributed by atoms with Gasteiger partial charge in [0.25, 0.3) is 5.91 Å². The third-order valence-electron chi connectivity index (χ3n) is 8.96. The van der Waals surface area contributed by atoms with Crippen molar-refractivity contribution in [2.24, 2.45) is 17.8 Å². The van der Waals surface area contributed by atoms with E-state index in [1.807, 2.05) is 12.1 Å². The van der Waals surface area contributed by atoms with Crippen molar-refractivity contribution in [3.8, 4) is 0 Å². The number of carboxylic acids is 1. The molecule has 0 radical (unpaired) electrons. The first kappa shape index (κ1) is 24.5. The number of aliphatic hydroxyl groups is 1. The Balaban J connectivity index is 1.13. The van der Waals surface area contributed by atoms with Gasteiger partial charge < -0.3 is 25.3 Å². The molecule has 4 aliphatic carbocycles. The maximum atomic E-state index is 13.3. The highest BCUT2D eigenvalue weighted by molar-refractivity contribution is 6.33. The monoisotopic (exact) mass is 524 g/mol. The minimum Gasteiger partial charge on any atom is -0.478 e. The van der Waals surface area contributed by atoms with Crippen LogP contribution >= 0.6 is 11.6 Å². The molecule has 2 unspecified atom stereocenters. The normalized spacial score (nSPS) is 32.5. The molecule has 1 aromatic carbocycles. The van der Waals surface area contributed by atoms with E-state index in [0.29, 0.717) is 48.1 Å². The molecule has 2 heterocycles. The van der Waals surface area contributed by atoms with Crippen LogP contribution < -0.4 is 15.1 Å². The summed E-state index contributed by atoms with van der Waals surface area (Å²) in [5.74, 6) is 0.944. The number of anilines is 2. The standard InChI is InChI=1S/C28H33ClN4O4/c1-16-15-32(23-6-5-18(27(35)36)11-21(23)29)7-8-33(16)24-4-2-3-22(30-24)26(34)31-25-19-9-17-10-20(25)14-28(37,12-17)13-19/h2-6,11,16-17,19-20,25,37H,7-10,12-15H2,1H3,(H,31,34)(H,35,36)/t16-,17?,19?,20?,25?,28?/m1/s1. The van der Waals surface area contributed by atoms with Gasteiger partial charge >= 0.3 is 5.97 Å². The van der Waals surface area contributed by atoms with Gasteiger partial charge in [-0.05, 0) is 87.1 Å². The highest BCUT2D eigenvalue weighted by Gasteiger charge is 2.55. The Kier molecular flexibility index (Phi) is 6.07. The van der Waals surface area contributed by atoms with E-state index in [2.05, 4.69) is 22.0 Å². The number of hydrogen-bond donors (Lipinski definition) is 3. The smallest absolute Gasteiger partial charge is 0.335 e. The number of hydrogen-bond acceptors (Lipinski definition) is 6. The maximum Gasteiger partial charge on any atom is 0.335 e. The third kappa shape index (κ3) is 4.55. The topological polar surface area (TPSA) is 106 Å². The van der Waals surface area contributed by atoms with Gasteiger partial charge in [0.15, 0.2) is 0 Å². The number of carbonyl (C=O) groups is 2. The number of aromatic carboxylic acids is 1. The van der Waals surface area contributed by atoms with Crippen LogP contribution in [0.25, 0.3) is 0 Å². The molecule has 2 aromatic rings. The van der Waals surface area contributed by atoms with Crippen molar-refractivity contribution >= 4 is 35.0 Å². The van der Waals surface area contributed by atoms with E-state index < -0.39 is 11.6 Å². The van der Waals surface area contributed by atoms with Gasteiger partial charge in [0, 0.05) is 31.7 Å². The molecule has 3 N–H and O–H groups in total. The minimum atomic E-state index is -0.998. The number of aromatic nitrogens is 1. The molecule has 4 saturated carbocycles. The molecule has 1 aliphatic heterocycles. The lowest BCUT2D eigenvalue weighted by molar-refractivity contribution is -0.136. The Labute approximate surface area is 221 Å². The second-order valence-electron chi connectivity index (χ2n) is 11.5. The number of piperazine rings is 1. The summed E-state index contributed by atoms with van der Waals surface area (Å²) in [5, 5.41) is 23.8. The molecule has 0 spiro atoms. The molecular formula is C28H33ClN4O4. The summed E-state index contributed by atoms with van der Waals surface area (Å²) < 4.78 is 0. The van der Waals surface area contributed by atoms with E-state index in [4.69, 9.17) is 16.6 Å². The summed E-state index contributed by atoms with van der Waals surface area (Å²) in [6.07, 6.45) is 4.71. The Hall–Kier alpha value is -2.84. The van der Waals surface area contributed by atoms with Gasteiger partial charge in [-0.1, -0.05) is 17.7 Å². The number of halogens is 1. The van der Waals surface area contributed by atoms with Crippen LogP contribution in [0.2, 0.25) is 5.02 Å². The highest BCUT2D eigenvalue weighted by Crippen LogP contribution is 2.55. The van der Waals surface area contributed by atoms with Crippen molar-refractivity contribution in [2.45, 2.75) is 56.7 Å². The first-order chi connectivity index (χ1) is 17.7.